The average molecular weight is 548 g/mol. The summed E-state index contributed by atoms with van der Waals surface area (Å²) < 4.78 is 3.02. The summed E-state index contributed by atoms with van der Waals surface area (Å²) in [5.74, 6) is 0.741. The van der Waals surface area contributed by atoms with Crippen LogP contribution >= 0.6 is 39.9 Å². The highest BCUT2D eigenvalue weighted by Gasteiger charge is 2.04. The predicted octanol–water partition coefficient (Wildman–Crippen LogP) is 3.24. The van der Waals surface area contributed by atoms with E-state index >= 15 is 0 Å². The molecule has 0 spiro atoms. The van der Waals surface area contributed by atoms with Crippen LogP contribution in [0.5, 0.6) is 0 Å². The first-order valence-electron chi connectivity index (χ1n) is 8.85. The molecule has 0 fully saturated rings. The molecule has 2 rings (SSSR count). The number of hydrogen-bond acceptors (Lipinski definition) is 2. The van der Waals surface area contributed by atoms with Gasteiger partial charge in [-0.1, -0.05) is 22.0 Å². The summed E-state index contributed by atoms with van der Waals surface area (Å²) in [4.78, 5) is 16.6. The second kappa shape index (κ2) is 13.6. The monoisotopic (exact) mass is 547 g/mol. The Labute approximate surface area is 186 Å². The summed E-state index contributed by atoms with van der Waals surface area (Å²) in [5, 5.41) is 9.47. The third kappa shape index (κ3) is 9.28. The lowest BCUT2D eigenvalue weighted by Crippen LogP contribution is -2.39. The number of carbonyl (C=O) groups is 1. The zero-order valence-corrected chi connectivity index (χ0v) is 19.4. The van der Waals surface area contributed by atoms with Gasteiger partial charge in [0.1, 0.15) is 0 Å². The van der Waals surface area contributed by atoms with Crippen molar-refractivity contribution < 1.29 is 4.79 Å². The summed E-state index contributed by atoms with van der Waals surface area (Å²) in [6, 6.07) is 11.4. The van der Waals surface area contributed by atoms with Crippen LogP contribution in [0.1, 0.15) is 23.7 Å². The lowest BCUT2D eigenvalue weighted by molar-refractivity contribution is 0.0953. The fourth-order valence-electron chi connectivity index (χ4n) is 2.37. The van der Waals surface area contributed by atoms with E-state index < -0.39 is 0 Å². The molecule has 1 heterocycles. The van der Waals surface area contributed by atoms with Crippen molar-refractivity contribution in [2.24, 2.45) is 4.99 Å². The Morgan fingerprint density at radius 3 is 2.59 bits per heavy atom. The molecule has 3 N–H and O–H groups in total. The van der Waals surface area contributed by atoms with Crippen molar-refractivity contribution in [3.05, 3.63) is 58.8 Å². The number of amides is 1. The second-order valence-electron chi connectivity index (χ2n) is 5.73. The molecule has 8 heteroatoms. The number of carbonyl (C=O) groups excluding carboxylic acids is 1. The van der Waals surface area contributed by atoms with Gasteiger partial charge in [-0.25, -0.2) is 0 Å². The number of hydrogen-bond donors (Lipinski definition) is 3. The van der Waals surface area contributed by atoms with Crippen molar-refractivity contribution >= 4 is 51.8 Å². The van der Waals surface area contributed by atoms with E-state index in [9.17, 15) is 4.79 Å². The van der Waals surface area contributed by atoms with E-state index in [1.807, 2.05) is 49.6 Å². The highest BCUT2D eigenvalue weighted by molar-refractivity contribution is 14.0. The van der Waals surface area contributed by atoms with Gasteiger partial charge in [0, 0.05) is 55.2 Å². The van der Waals surface area contributed by atoms with Gasteiger partial charge in [0.15, 0.2) is 5.96 Å². The van der Waals surface area contributed by atoms with Crippen LogP contribution in [-0.4, -0.2) is 42.6 Å². The van der Waals surface area contributed by atoms with E-state index in [1.54, 1.807) is 6.07 Å². The number of aromatic nitrogens is 1. The first kappa shape index (κ1) is 23.5. The topological polar surface area (TPSA) is 70.4 Å². The number of guanidine groups is 1. The van der Waals surface area contributed by atoms with Gasteiger partial charge in [-0.05, 0) is 43.7 Å². The van der Waals surface area contributed by atoms with E-state index in [4.69, 9.17) is 0 Å². The molecule has 1 amide bonds. The van der Waals surface area contributed by atoms with Gasteiger partial charge in [0.2, 0.25) is 0 Å². The average Bonchev–Trinajstić information content (AvgIpc) is 3.14. The molecule has 1 aromatic heterocycles. The Morgan fingerprint density at radius 1 is 1.11 bits per heavy atom. The fourth-order valence-corrected chi connectivity index (χ4v) is 2.77. The summed E-state index contributed by atoms with van der Waals surface area (Å²) in [6.07, 6.45) is 4.87. The van der Waals surface area contributed by atoms with Crippen LogP contribution in [0.2, 0.25) is 0 Å². The smallest absolute Gasteiger partial charge is 0.251 e. The molecule has 2 aromatic rings. The van der Waals surface area contributed by atoms with Gasteiger partial charge in [0.25, 0.3) is 5.91 Å². The van der Waals surface area contributed by atoms with Gasteiger partial charge < -0.3 is 20.5 Å². The molecular weight excluding hydrogens is 521 g/mol. The van der Waals surface area contributed by atoms with Gasteiger partial charge in [-0.2, -0.15) is 0 Å². The van der Waals surface area contributed by atoms with Crippen molar-refractivity contribution in [2.75, 3.05) is 26.2 Å². The largest absolute Gasteiger partial charge is 0.357 e. The predicted molar refractivity (Wildman–Crippen MR) is 125 cm³/mol. The van der Waals surface area contributed by atoms with E-state index in [2.05, 4.69) is 41.4 Å². The van der Waals surface area contributed by atoms with Crippen LogP contribution < -0.4 is 16.0 Å². The molecule has 0 saturated carbocycles. The molecule has 0 aliphatic heterocycles. The molecule has 0 bridgehead atoms. The summed E-state index contributed by atoms with van der Waals surface area (Å²) >= 11 is 3.37. The minimum absolute atomic E-state index is 0. The van der Waals surface area contributed by atoms with Crippen LogP contribution in [0.25, 0.3) is 0 Å². The van der Waals surface area contributed by atoms with Gasteiger partial charge in [-0.3, -0.25) is 9.79 Å². The number of benzene rings is 1. The highest BCUT2D eigenvalue weighted by Crippen LogP contribution is 2.11. The molecule has 0 radical (unpaired) electrons. The minimum Gasteiger partial charge on any atom is -0.357 e. The van der Waals surface area contributed by atoms with E-state index in [-0.39, 0.29) is 29.9 Å². The van der Waals surface area contributed by atoms with Gasteiger partial charge in [-0.15, -0.1) is 24.0 Å². The van der Waals surface area contributed by atoms with Crippen LogP contribution in [0.4, 0.5) is 0 Å². The maximum Gasteiger partial charge on any atom is 0.251 e. The molecule has 0 saturated heterocycles. The van der Waals surface area contributed by atoms with E-state index in [0.717, 1.165) is 36.5 Å². The fraction of sp³-hybridized carbons (Fsp3) is 0.368. The Kier molecular flexibility index (Phi) is 11.8. The summed E-state index contributed by atoms with van der Waals surface area (Å²) in [5.41, 5.74) is 0.655. The SMILES string of the molecule is CCNC(=NCCCNC(=O)c1cccc(Br)c1)NCCn1cccc1.I. The van der Waals surface area contributed by atoms with Crippen molar-refractivity contribution in [3.63, 3.8) is 0 Å². The third-order valence-corrected chi connectivity index (χ3v) is 4.14. The zero-order valence-electron chi connectivity index (χ0n) is 15.5. The number of halogens is 2. The lowest BCUT2D eigenvalue weighted by atomic mass is 10.2. The van der Waals surface area contributed by atoms with Crippen molar-refractivity contribution in [1.29, 1.82) is 0 Å². The molecule has 0 aliphatic rings. The first-order valence-corrected chi connectivity index (χ1v) is 9.65. The van der Waals surface area contributed by atoms with E-state index in [0.29, 0.717) is 18.7 Å². The molecule has 0 unspecified atom stereocenters. The molecular formula is C19H27BrIN5O. The summed E-state index contributed by atoms with van der Waals surface area (Å²) in [6.45, 7) is 5.80. The zero-order chi connectivity index (χ0) is 18.6. The lowest BCUT2D eigenvalue weighted by Gasteiger charge is -2.12. The van der Waals surface area contributed by atoms with Crippen molar-refractivity contribution in [3.8, 4) is 0 Å². The minimum atomic E-state index is -0.0629. The Hall–Kier alpha value is -1.55. The number of nitrogens with one attached hydrogen (secondary N) is 3. The Morgan fingerprint density at radius 2 is 1.89 bits per heavy atom. The van der Waals surface area contributed by atoms with Gasteiger partial charge in [0.05, 0.1) is 0 Å². The first-order chi connectivity index (χ1) is 12.7. The highest BCUT2D eigenvalue weighted by atomic mass is 127. The Balaban J connectivity index is 0.00000364. The van der Waals surface area contributed by atoms with Gasteiger partial charge >= 0.3 is 0 Å². The van der Waals surface area contributed by atoms with Crippen molar-refractivity contribution in [2.45, 2.75) is 19.9 Å². The maximum atomic E-state index is 12.1. The molecule has 1 aromatic carbocycles. The molecule has 6 nitrogen and oxygen atoms in total. The molecule has 0 atom stereocenters. The normalized spacial score (nSPS) is 10.8. The van der Waals surface area contributed by atoms with Crippen molar-refractivity contribution in [1.82, 2.24) is 20.5 Å². The molecule has 148 valence electrons. The quantitative estimate of drug-likeness (QED) is 0.195. The van der Waals surface area contributed by atoms with Crippen LogP contribution in [0.3, 0.4) is 0 Å². The standard InChI is InChI=1S/C19H26BrN5O.HI/c1-2-21-19(24-11-14-25-12-3-4-13-25)23-10-6-9-22-18(26)16-7-5-8-17(20)15-16;/h3-5,7-8,12-13,15H,2,6,9-11,14H2,1H3,(H,22,26)(H2,21,23,24);1H. The maximum absolute atomic E-state index is 12.1. The van der Waals surface area contributed by atoms with Crippen LogP contribution in [0, 0.1) is 0 Å². The summed E-state index contributed by atoms with van der Waals surface area (Å²) in [7, 11) is 0. The third-order valence-electron chi connectivity index (χ3n) is 3.65. The molecule has 0 aliphatic carbocycles. The number of aliphatic imine (C=N–C) groups is 1. The van der Waals surface area contributed by atoms with Crippen LogP contribution in [-0.2, 0) is 6.54 Å². The Bertz CT molecular complexity index is 706. The number of nitrogens with zero attached hydrogens (tertiary/aromatic N) is 2. The number of rotatable bonds is 9. The van der Waals surface area contributed by atoms with Crippen LogP contribution in [0.15, 0.2) is 58.3 Å². The molecule has 27 heavy (non-hydrogen) atoms. The second-order valence-corrected chi connectivity index (χ2v) is 6.64. The van der Waals surface area contributed by atoms with E-state index in [1.165, 1.54) is 0 Å².